The number of hydrogen-bond acceptors (Lipinski definition) is 2. The summed E-state index contributed by atoms with van der Waals surface area (Å²) >= 11 is 0. The minimum Gasteiger partial charge on any atom is -0.351 e. The van der Waals surface area contributed by atoms with Crippen LogP contribution in [0.2, 0.25) is 0 Å². The largest absolute Gasteiger partial charge is 0.351 e. The second-order valence-electron chi connectivity index (χ2n) is 4.79. The number of nitrogens with two attached hydrogens (primary N) is 2. The minimum atomic E-state index is -0.447. The lowest BCUT2D eigenvalue weighted by Crippen LogP contribution is -2.41. The van der Waals surface area contributed by atoms with E-state index in [2.05, 4.69) is 6.07 Å². The summed E-state index contributed by atoms with van der Waals surface area (Å²) in [6, 6.07) is 7.51. The summed E-state index contributed by atoms with van der Waals surface area (Å²) in [6.45, 7) is 0.663. The van der Waals surface area contributed by atoms with Gasteiger partial charge in [-0.15, -0.1) is 0 Å². The first-order valence-electron chi connectivity index (χ1n) is 5.93. The van der Waals surface area contributed by atoms with Gasteiger partial charge in [0.1, 0.15) is 0 Å². The van der Waals surface area contributed by atoms with Crippen LogP contribution in [0.5, 0.6) is 0 Å². The molecule has 17 heavy (non-hydrogen) atoms. The predicted molar refractivity (Wildman–Crippen MR) is 69.0 cm³/mol. The Hall–Kier alpha value is -1.55. The van der Waals surface area contributed by atoms with Gasteiger partial charge in [0, 0.05) is 24.7 Å². The molecule has 92 valence electrons. The SMILES string of the molecule is CN(C(N)=O)c1cccc(C2(CN)CCC2)c1. The third kappa shape index (κ3) is 2.00. The van der Waals surface area contributed by atoms with E-state index < -0.39 is 6.03 Å². The molecule has 4 heteroatoms. The van der Waals surface area contributed by atoms with Gasteiger partial charge in [0.15, 0.2) is 0 Å². The van der Waals surface area contributed by atoms with Crippen molar-refractivity contribution < 1.29 is 4.79 Å². The first kappa shape index (κ1) is 11.9. The van der Waals surface area contributed by atoms with Crippen molar-refractivity contribution >= 4 is 11.7 Å². The molecule has 0 unspecified atom stereocenters. The van der Waals surface area contributed by atoms with E-state index in [0.29, 0.717) is 6.54 Å². The third-order valence-electron chi connectivity index (χ3n) is 3.88. The van der Waals surface area contributed by atoms with Crippen molar-refractivity contribution in [3.05, 3.63) is 29.8 Å². The molecule has 4 N–H and O–H groups in total. The lowest BCUT2D eigenvalue weighted by Gasteiger charge is -2.41. The number of anilines is 1. The Bertz CT molecular complexity index is 421. The highest BCUT2D eigenvalue weighted by Crippen LogP contribution is 2.43. The van der Waals surface area contributed by atoms with Crippen LogP contribution in [0.3, 0.4) is 0 Å². The van der Waals surface area contributed by atoms with E-state index in [9.17, 15) is 4.79 Å². The van der Waals surface area contributed by atoms with Gasteiger partial charge < -0.3 is 11.5 Å². The van der Waals surface area contributed by atoms with Crippen molar-refractivity contribution in [2.24, 2.45) is 11.5 Å². The Kier molecular flexibility index (Phi) is 3.07. The average molecular weight is 233 g/mol. The molecule has 0 saturated heterocycles. The van der Waals surface area contributed by atoms with Crippen molar-refractivity contribution in [3.8, 4) is 0 Å². The highest BCUT2D eigenvalue weighted by atomic mass is 16.2. The lowest BCUT2D eigenvalue weighted by atomic mass is 9.64. The summed E-state index contributed by atoms with van der Waals surface area (Å²) < 4.78 is 0. The fourth-order valence-corrected chi connectivity index (χ4v) is 2.39. The number of carbonyl (C=O) groups excluding carboxylic acids is 1. The second-order valence-corrected chi connectivity index (χ2v) is 4.79. The van der Waals surface area contributed by atoms with E-state index in [1.54, 1.807) is 7.05 Å². The number of nitrogens with zero attached hydrogens (tertiary/aromatic N) is 1. The second kappa shape index (κ2) is 4.37. The molecule has 1 aromatic rings. The monoisotopic (exact) mass is 233 g/mol. The van der Waals surface area contributed by atoms with Crippen molar-refractivity contribution in [2.75, 3.05) is 18.5 Å². The third-order valence-corrected chi connectivity index (χ3v) is 3.88. The van der Waals surface area contributed by atoms with Crippen LogP contribution in [0.4, 0.5) is 10.5 Å². The van der Waals surface area contributed by atoms with Crippen molar-refractivity contribution in [2.45, 2.75) is 24.7 Å². The zero-order chi connectivity index (χ0) is 12.5. The molecule has 0 bridgehead atoms. The molecule has 0 aromatic heterocycles. The van der Waals surface area contributed by atoms with Gasteiger partial charge in [-0.3, -0.25) is 4.90 Å². The molecule has 0 heterocycles. The van der Waals surface area contributed by atoms with E-state index in [1.165, 1.54) is 16.9 Å². The fraction of sp³-hybridized carbons (Fsp3) is 0.462. The predicted octanol–water partition coefficient (Wildman–Crippen LogP) is 1.58. The Morgan fingerprint density at radius 1 is 1.47 bits per heavy atom. The number of rotatable bonds is 3. The van der Waals surface area contributed by atoms with Crippen molar-refractivity contribution in [3.63, 3.8) is 0 Å². The van der Waals surface area contributed by atoms with Gasteiger partial charge >= 0.3 is 6.03 Å². The number of primary amides is 1. The normalized spacial score (nSPS) is 17.3. The zero-order valence-electron chi connectivity index (χ0n) is 10.1. The van der Waals surface area contributed by atoms with Crippen LogP contribution in [0, 0.1) is 0 Å². The lowest BCUT2D eigenvalue weighted by molar-refractivity contribution is 0.252. The molecule has 1 aliphatic rings. The number of hydrogen-bond donors (Lipinski definition) is 2. The van der Waals surface area contributed by atoms with E-state index in [-0.39, 0.29) is 5.41 Å². The van der Waals surface area contributed by atoms with Crippen LogP contribution >= 0.6 is 0 Å². The molecule has 2 rings (SSSR count). The number of benzene rings is 1. The summed E-state index contributed by atoms with van der Waals surface area (Å²) in [7, 11) is 1.68. The molecular formula is C13H19N3O. The molecule has 0 atom stereocenters. The molecule has 0 spiro atoms. The van der Waals surface area contributed by atoms with Crippen LogP contribution in [0.15, 0.2) is 24.3 Å². The molecule has 0 radical (unpaired) electrons. The standard InChI is InChI=1S/C13H19N3O/c1-16(12(15)17)11-5-2-4-10(8-11)13(9-14)6-3-7-13/h2,4-5,8H,3,6-7,9,14H2,1H3,(H2,15,17). The molecule has 1 saturated carbocycles. The van der Waals surface area contributed by atoms with E-state index >= 15 is 0 Å². The van der Waals surface area contributed by atoms with Crippen LogP contribution in [-0.4, -0.2) is 19.6 Å². The average Bonchev–Trinajstić information content (AvgIpc) is 2.28. The Morgan fingerprint density at radius 3 is 2.65 bits per heavy atom. The maximum Gasteiger partial charge on any atom is 0.318 e. The fourth-order valence-electron chi connectivity index (χ4n) is 2.39. The molecule has 2 amide bonds. The molecule has 0 aliphatic heterocycles. The van der Waals surface area contributed by atoms with Crippen LogP contribution in [0.1, 0.15) is 24.8 Å². The number of carbonyl (C=O) groups is 1. The molecular weight excluding hydrogens is 214 g/mol. The van der Waals surface area contributed by atoms with E-state index in [0.717, 1.165) is 18.5 Å². The molecule has 4 nitrogen and oxygen atoms in total. The smallest absolute Gasteiger partial charge is 0.318 e. The molecule has 1 aromatic carbocycles. The minimum absolute atomic E-state index is 0.120. The summed E-state index contributed by atoms with van der Waals surface area (Å²) in [5.74, 6) is 0. The summed E-state index contributed by atoms with van der Waals surface area (Å²) in [5, 5.41) is 0. The van der Waals surface area contributed by atoms with Crippen molar-refractivity contribution in [1.82, 2.24) is 0 Å². The summed E-state index contributed by atoms with van der Waals surface area (Å²) in [4.78, 5) is 12.6. The maximum atomic E-state index is 11.1. The highest BCUT2D eigenvalue weighted by molar-refractivity contribution is 5.90. The quantitative estimate of drug-likeness (QED) is 0.832. The first-order chi connectivity index (χ1) is 8.09. The van der Waals surface area contributed by atoms with Crippen LogP contribution < -0.4 is 16.4 Å². The van der Waals surface area contributed by atoms with Gasteiger partial charge in [0.2, 0.25) is 0 Å². The van der Waals surface area contributed by atoms with Gasteiger partial charge in [0.25, 0.3) is 0 Å². The van der Waals surface area contributed by atoms with Crippen LogP contribution in [-0.2, 0) is 5.41 Å². The molecule has 1 aliphatic carbocycles. The van der Waals surface area contributed by atoms with Gasteiger partial charge in [-0.1, -0.05) is 18.6 Å². The van der Waals surface area contributed by atoms with E-state index in [4.69, 9.17) is 11.5 Å². The number of amides is 2. The molecule has 1 fully saturated rings. The van der Waals surface area contributed by atoms with Gasteiger partial charge in [0.05, 0.1) is 0 Å². The van der Waals surface area contributed by atoms with Gasteiger partial charge in [-0.05, 0) is 30.5 Å². The van der Waals surface area contributed by atoms with Crippen LogP contribution in [0.25, 0.3) is 0 Å². The zero-order valence-corrected chi connectivity index (χ0v) is 10.1. The van der Waals surface area contributed by atoms with E-state index in [1.807, 2.05) is 18.2 Å². The Morgan fingerprint density at radius 2 is 2.18 bits per heavy atom. The Balaban J connectivity index is 2.31. The summed E-state index contributed by atoms with van der Waals surface area (Å²) in [5.41, 5.74) is 13.3. The summed E-state index contributed by atoms with van der Waals surface area (Å²) in [6.07, 6.45) is 3.49. The van der Waals surface area contributed by atoms with Gasteiger partial charge in [-0.25, -0.2) is 4.79 Å². The van der Waals surface area contributed by atoms with Crippen molar-refractivity contribution in [1.29, 1.82) is 0 Å². The Labute approximate surface area is 102 Å². The highest BCUT2D eigenvalue weighted by Gasteiger charge is 2.37. The first-order valence-corrected chi connectivity index (χ1v) is 5.93. The topological polar surface area (TPSA) is 72.3 Å². The van der Waals surface area contributed by atoms with Gasteiger partial charge in [-0.2, -0.15) is 0 Å². The maximum absolute atomic E-state index is 11.1. The number of urea groups is 1.